The predicted molar refractivity (Wildman–Crippen MR) is 230 cm³/mol. The highest BCUT2D eigenvalue weighted by molar-refractivity contribution is 6.40. The van der Waals surface area contributed by atoms with Gasteiger partial charge in [-0.05, 0) is 30.5 Å². The molecule has 2 rings (SSSR count). The Hall–Kier alpha value is -3.06. The number of carbonyl (C=O) groups is 2. The number of Topliss-reactive ketones (excluding diaryl/α,β-unsaturated/α-hetero) is 1. The third-order valence-electron chi connectivity index (χ3n) is 8.64. The summed E-state index contributed by atoms with van der Waals surface area (Å²) in [4.78, 5) is 23.7. The van der Waals surface area contributed by atoms with E-state index in [-0.39, 0.29) is 13.2 Å². The second-order valence-corrected chi connectivity index (χ2v) is 13.6. The summed E-state index contributed by atoms with van der Waals surface area (Å²) in [7, 11) is 0. The van der Waals surface area contributed by atoms with E-state index >= 15 is 0 Å². The summed E-state index contributed by atoms with van der Waals surface area (Å²) in [5.74, 6) is -0.696. The fourth-order valence-corrected chi connectivity index (χ4v) is 5.35. The molecule has 15 heteroatoms. The Bertz CT molecular complexity index is 1250. The predicted octanol–water partition coefficient (Wildman–Crippen LogP) is 5.58. The molecule has 0 atom stereocenters. The van der Waals surface area contributed by atoms with Gasteiger partial charge in [-0.25, -0.2) is 4.79 Å². The van der Waals surface area contributed by atoms with E-state index < -0.39 is 11.8 Å². The lowest BCUT2D eigenvalue weighted by molar-refractivity contribution is -0.139. The van der Waals surface area contributed by atoms with Crippen LogP contribution in [0, 0.1) is 0 Å². The van der Waals surface area contributed by atoms with Crippen LogP contribution in [0.5, 0.6) is 5.75 Å². The van der Waals surface area contributed by atoms with Crippen LogP contribution < -0.4 is 4.74 Å². The van der Waals surface area contributed by atoms with Crippen molar-refractivity contribution in [1.29, 1.82) is 0 Å². The maximum Gasteiger partial charge on any atom is 0.379 e. The van der Waals surface area contributed by atoms with E-state index in [1.54, 1.807) is 30.3 Å². The fourth-order valence-electron chi connectivity index (χ4n) is 5.35. The molecule has 0 N–H and O–H groups in total. The highest BCUT2D eigenvalue weighted by atomic mass is 16.6. The SMILES string of the molecule is CCCCCCCCc1ccc(OCCOCCOCCOCCOCCOCCOCCOCCOCCOCCOCCOCCOC(=O)C(=O)c2ccccc2)cc1. The van der Waals surface area contributed by atoms with Crippen LogP contribution in [0.4, 0.5) is 0 Å². The van der Waals surface area contributed by atoms with Gasteiger partial charge in [0.1, 0.15) is 19.0 Å². The van der Waals surface area contributed by atoms with Crippen molar-refractivity contribution in [3.8, 4) is 5.75 Å². The van der Waals surface area contributed by atoms with E-state index in [4.69, 9.17) is 61.6 Å². The number of ether oxygens (including phenoxy) is 13. The van der Waals surface area contributed by atoms with Crippen molar-refractivity contribution in [3.63, 3.8) is 0 Å². The number of unbranched alkanes of at least 4 members (excludes halogenated alkanes) is 5. The average molecular weight is 867 g/mol. The minimum atomic E-state index is -0.898. The van der Waals surface area contributed by atoms with Crippen LogP contribution in [-0.4, -0.2) is 170 Å². The molecule has 0 bridgehead atoms. The molecule has 0 aliphatic rings. The van der Waals surface area contributed by atoms with Gasteiger partial charge >= 0.3 is 5.97 Å². The van der Waals surface area contributed by atoms with Gasteiger partial charge in [0.25, 0.3) is 5.78 Å². The number of ketones is 1. The topological polar surface area (TPSA) is 154 Å². The van der Waals surface area contributed by atoms with Crippen molar-refractivity contribution in [3.05, 3.63) is 65.7 Å². The summed E-state index contributed by atoms with van der Waals surface area (Å²) in [5, 5.41) is 0. The van der Waals surface area contributed by atoms with Crippen LogP contribution in [0.1, 0.15) is 61.4 Å². The summed E-state index contributed by atoms with van der Waals surface area (Å²) in [6.45, 7) is 12.8. The molecule has 0 heterocycles. The summed E-state index contributed by atoms with van der Waals surface area (Å²) in [5.41, 5.74) is 1.67. The Labute approximate surface area is 364 Å². The summed E-state index contributed by atoms with van der Waals surface area (Å²) in [6.07, 6.45) is 9.04. The Morgan fingerprint density at radius 2 is 0.721 bits per heavy atom. The van der Waals surface area contributed by atoms with Crippen molar-refractivity contribution in [2.75, 3.05) is 159 Å². The van der Waals surface area contributed by atoms with Crippen molar-refractivity contribution < 1.29 is 71.2 Å². The van der Waals surface area contributed by atoms with Crippen LogP contribution in [0.25, 0.3) is 0 Å². The molecule has 0 radical (unpaired) electrons. The van der Waals surface area contributed by atoms with Gasteiger partial charge in [0.15, 0.2) is 0 Å². The first-order valence-electron chi connectivity index (χ1n) is 22.0. The lowest BCUT2D eigenvalue weighted by atomic mass is 10.0. The van der Waals surface area contributed by atoms with Crippen LogP contribution in [0.15, 0.2) is 54.6 Å². The van der Waals surface area contributed by atoms with Crippen molar-refractivity contribution >= 4 is 11.8 Å². The van der Waals surface area contributed by atoms with Crippen LogP contribution in [-0.2, 0) is 68.1 Å². The van der Waals surface area contributed by atoms with E-state index in [2.05, 4.69) is 19.1 Å². The number of hydrogen-bond donors (Lipinski definition) is 0. The first kappa shape index (κ1) is 54.1. The van der Waals surface area contributed by atoms with E-state index in [1.165, 1.54) is 44.1 Å². The maximum absolute atomic E-state index is 11.9. The minimum Gasteiger partial charge on any atom is -0.491 e. The first-order chi connectivity index (χ1) is 30.2. The van der Waals surface area contributed by atoms with Gasteiger partial charge in [0, 0.05) is 5.56 Å². The molecule has 0 amide bonds. The molecule has 0 saturated heterocycles. The molecule has 0 unspecified atom stereocenters. The zero-order valence-electron chi connectivity index (χ0n) is 36.7. The quantitative estimate of drug-likeness (QED) is 0.0352. The normalized spacial score (nSPS) is 11.3. The number of rotatable bonds is 46. The molecule has 0 aromatic heterocycles. The van der Waals surface area contributed by atoms with Gasteiger partial charge in [0.05, 0.1) is 145 Å². The Balaban J connectivity index is 1.16. The summed E-state index contributed by atoms with van der Waals surface area (Å²) < 4.78 is 71.1. The second kappa shape index (κ2) is 42.3. The zero-order chi connectivity index (χ0) is 43.4. The zero-order valence-corrected chi connectivity index (χ0v) is 36.7. The Morgan fingerprint density at radius 3 is 1.11 bits per heavy atom. The van der Waals surface area contributed by atoms with Gasteiger partial charge in [-0.3, -0.25) is 4.79 Å². The summed E-state index contributed by atoms with van der Waals surface area (Å²) >= 11 is 0. The fraction of sp³-hybridized carbons (Fsp3) is 0.696. The number of hydrogen-bond acceptors (Lipinski definition) is 15. The molecule has 15 nitrogen and oxygen atoms in total. The Kier molecular flexibility index (Phi) is 37.5. The largest absolute Gasteiger partial charge is 0.491 e. The molecular formula is C46H74O15. The number of aryl methyl sites for hydroxylation is 1. The van der Waals surface area contributed by atoms with Crippen LogP contribution in [0.2, 0.25) is 0 Å². The van der Waals surface area contributed by atoms with Crippen LogP contribution in [0.3, 0.4) is 0 Å². The number of carbonyl (C=O) groups excluding carboxylic acids is 2. The van der Waals surface area contributed by atoms with Crippen molar-refractivity contribution in [1.82, 2.24) is 0 Å². The van der Waals surface area contributed by atoms with Gasteiger partial charge in [-0.2, -0.15) is 0 Å². The molecule has 61 heavy (non-hydrogen) atoms. The lowest BCUT2D eigenvalue weighted by Crippen LogP contribution is -2.20. The number of benzene rings is 2. The van der Waals surface area contributed by atoms with E-state index in [1.807, 2.05) is 12.1 Å². The molecule has 0 aliphatic heterocycles. The standard InChI is InChI=1S/C46H74O15/c1-2-3-4-5-6-8-11-42-14-16-44(17-15-42)60-40-38-58-36-34-56-32-30-54-28-26-52-24-22-50-20-18-49-19-21-51-23-25-53-27-29-55-31-33-57-35-37-59-39-41-61-46(48)45(47)43-12-9-7-10-13-43/h7,9-10,12-17H,2-6,8,11,18-41H2,1H3. The van der Waals surface area contributed by atoms with E-state index in [9.17, 15) is 9.59 Å². The first-order valence-corrected chi connectivity index (χ1v) is 22.0. The Morgan fingerprint density at radius 1 is 0.377 bits per heavy atom. The molecule has 0 spiro atoms. The molecule has 2 aromatic carbocycles. The molecular weight excluding hydrogens is 792 g/mol. The molecule has 0 fully saturated rings. The van der Waals surface area contributed by atoms with Gasteiger partial charge in [-0.15, -0.1) is 0 Å². The van der Waals surface area contributed by atoms with Crippen molar-refractivity contribution in [2.45, 2.75) is 51.9 Å². The van der Waals surface area contributed by atoms with Gasteiger partial charge < -0.3 is 61.6 Å². The van der Waals surface area contributed by atoms with Gasteiger partial charge in [-0.1, -0.05) is 81.5 Å². The summed E-state index contributed by atoms with van der Waals surface area (Å²) in [6, 6.07) is 16.7. The van der Waals surface area contributed by atoms with E-state index in [0.717, 1.165) is 12.2 Å². The second-order valence-electron chi connectivity index (χ2n) is 13.6. The monoisotopic (exact) mass is 867 g/mol. The van der Waals surface area contributed by atoms with E-state index in [0.29, 0.717) is 151 Å². The molecule has 0 aliphatic carbocycles. The highest BCUT2D eigenvalue weighted by Crippen LogP contribution is 2.15. The lowest BCUT2D eigenvalue weighted by Gasteiger charge is -2.09. The maximum atomic E-state index is 11.9. The smallest absolute Gasteiger partial charge is 0.379 e. The van der Waals surface area contributed by atoms with Crippen molar-refractivity contribution in [2.24, 2.45) is 0 Å². The molecule has 0 saturated carbocycles. The van der Waals surface area contributed by atoms with Crippen LogP contribution >= 0.6 is 0 Å². The highest BCUT2D eigenvalue weighted by Gasteiger charge is 2.17. The number of esters is 1. The third-order valence-corrected chi connectivity index (χ3v) is 8.64. The third kappa shape index (κ3) is 34.2. The average Bonchev–Trinajstić information content (AvgIpc) is 3.29. The minimum absolute atomic E-state index is 0.00492. The molecule has 2 aromatic rings. The molecule has 348 valence electrons. The van der Waals surface area contributed by atoms with Gasteiger partial charge in [0.2, 0.25) is 0 Å².